The lowest BCUT2D eigenvalue weighted by atomic mass is 9.98. The highest BCUT2D eigenvalue weighted by atomic mass is 32.2. The van der Waals surface area contributed by atoms with Crippen LogP contribution in [-0.4, -0.2) is 25.9 Å². The van der Waals surface area contributed by atoms with E-state index in [1.54, 1.807) is 24.9 Å². The van der Waals surface area contributed by atoms with Crippen molar-refractivity contribution in [2.75, 3.05) is 6.54 Å². The molecule has 2 aromatic rings. The summed E-state index contributed by atoms with van der Waals surface area (Å²) in [4.78, 5) is 11.7. The first kappa shape index (κ1) is 22.5. The predicted molar refractivity (Wildman–Crippen MR) is 118 cm³/mol. The van der Waals surface area contributed by atoms with Gasteiger partial charge in [-0.05, 0) is 50.3 Å². The Morgan fingerprint density at radius 1 is 1.34 bits per heavy atom. The van der Waals surface area contributed by atoms with E-state index in [0.717, 1.165) is 43.0 Å². The Morgan fingerprint density at radius 2 is 2.19 bits per heavy atom. The van der Waals surface area contributed by atoms with Crippen molar-refractivity contribution >= 4 is 11.9 Å². The van der Waals surface area contributed by atoms with Gasteiger partial charge in [0, 0.05) is 29.5 Å². The van der Waals surface area contributed by atoms with Gasteiger partial charge in [-0.15, -0.1) is 5.10 Å². The summed E-state index contributed by atoms with van der Waals surface area (Å²) in [5.41, 5.74) is 1.66. The van der Waals surface area contributed by atoms with Gasteiger partial charge in [-0.25, -0.2) is 17.9 Å². The van der Waals surface area contributed by atoms with Crippen molar-refractivity contribution < 1.29 is 13.2 Å². The Hall–Kier alpha value is -2.70. The van der Waals surface area contributed by atoms with E-state index in [1.165, 1.54) is 11.6 Å². The van der Waals surface area contributed by atoms with E-state index >= 15 is 0 Å². The van der Waals surface area contributed by atoms with E-state index < -0.39 is 23.3 Å². The van der Waals surface area contributed by atoms with Crippen LogP contribution in [0.3, 0.4) is 0 Å². The zero-order valence-electron chi connectivity index (χ0n) is 17.8. The molecule has 0 saturated carbocycles. The first-order chi connectivity index (χ1) is 15.5. The molecule has 6 nitrogen and oxygen atoms in total. The van der Waals surface area contributed by atoms with Gasteiger partial charge in [0.2, 0.25) is 5.89 Å². The van der Waals surface area contributed by atoms with E-state index in [1.807, 2.05) is 0 Å². The SMILES string of the molecule is CC(c1nn(CC#N)c(=O)o1)c1cc(F)c(CN2CCCC(C3=CCCC=C3)S2)cc1F. The molecular formula is C23H24F2N4O2S. The van der Waals surface area contributed by atoms with E-state index in [9.17, 15) is 13.6 Å². The molecule has 0 N–H and O–H groups in total. The van der Waals surface area contributed by atoms with Crippen LogP contribution in [0.1, 0.15) is 55.5 Å². The summed E-state index contributed by atoms with van der Waals surface area (Å²) < 4.78 is 37.8. The maximum atomic E-state index is 14.9. The number of nitriles is 1. The molecule has 2 atom stereocenters. The van der Waals surface area contributed by atoms with Crippen molar-refractivity contribution in [3.63, 3.8) is 0 Å². The Labute approximate surface area is 189 Å². The van der Waals surface area contributed by atoms with Crippen molar-refractivity contribution in [1.82, 2.24) is 14.1 Å². The third kappa shape index (κ3) is 4.87. The first-order valence-electron chi connectivity index (χ1n) is 10.7. The molecule has 9 heteroatoms. The highest BCUT2D eigenvalue weighted by Crippen LogP contribution is 2.36. The summed E-state index contributed by atoms with van der Waals surface area (Å²) in [5, 5.41) is 13.0. The van der Waals surface area contributed by atoms with Gasteiger partial charge in [0.15, 0.2) is 0 Å². The summed E-state index contributed by atoms with van der Waals surface area (Å²) in [6.45, 7) is 2.43. The molecule has 4 rings (SSSR count). The third-order valence-electron chi connectivity index (χ3n) is 5.74. The van der Waals surface area contributed by atoms with Crippen LogP contribution < -0.4 is 5.76 Å². The van der Waals surface area contributed by atoms with Crippen LogP contribution in [0.25, 0.3) is 0 Å². The Morgan fingerprint density at radius 3 is 2.94 bits per heavy atom. The van der Waals surface area contributed by atoms with Crippen molar-refractivity contribution in [2.24, 2.45) is 0 Å². The molecule has 1 aromatic carbocycles. The summed E-state index contributed by atoms with van der Waals surface area (Å²) >= 11 is 1.70. The average molecular weight is 459 g/mol. The molecule has 1 saturated heterocycles. The molecule has 1 aromatic heterocycles. The molecule has 2 aliphatic rings. The second-order valence-electron chi connectivity index (χ2n) is 7.99. The molecule has 0 radical (unpaired) electrons. The van der Waals surface area contributed by atoms with Crippen LogP contribution in [0.5, 0.6) is 0 Å². The maximum absolute atomic E-state index is 14.9. The third-order valence-corrected chi connectivity index (χ3v) is 7.11. The Kier molecular flexibility index (Phi) is 6.92. The summed E-state index contributed by atoms with van der Waals surface area (Å²) in [6.07, 6.45) is 10.8. The number of hydrogen-bond acceptors (Lipinski definition) is 6. The monoisotopic (exact) mass is 458 g/mol. The molecule has 0 spiro atoms. The van der Waals surface area contributed by atoms with Gasteiger partial charge in [-0.1, -0.05) is 30.2 Å². The molecular weight excluding hydrogens is 434 g/mol. The zero-order valence-corrected chi connectivity index (χ0v) is 18.6. The van der Waals surface area contributed by atoms with Crippen LogP contribution in [-0.2, 0) is 13.1 Å². The average Bonchev–Trinajstić information content (AvgIpc) is 3.17. The fourth-order valence-corrected chi connectivity index (χ4v) is 5.37. The van der Waals surface area contributed by atoms with Crippen molar-refractivity contribution in [1.29, 1.82) is 5.26 Å². The maximum Gasteiger partial charge on any atom is 0.438 e. The van der Waals surface area contributed by atoms with E-state index in [2.05, 4.69) is 27.6 Å². The van der Waals surface area contributed by atoms with E-state index in [-0.39, 0.29) is 23.6 Å². The minimum absolute atomic E-state index is 0.0540. The van der Waals surface area contributed by atoms with Crippen LogP contribution in [0.15, 0.2) is 45.1 Å². The number of benzene rings is 1. The number of allylic oxidation sites excluding steroid dienone is 3. The van der Waals surface area contributed by atoms with E-state index in [0.29, 0.717) is 11.8 Å². The quantitative estimate of drug-likeness (QED) is 0.585. The molecule has 168 valence electrons. The van der Waals surface area contributed by atoms with Crippen LogP contribution in [0.2, 0.25) is 0 Å². The smallest absolute Gasteiger partial charge is 0.392 e. The fraction of sp³-hybridized carbons (Fsp3) is 0.435. The molecule has 0 bridgehead atoms. The van der Waals surface area contributed by atoms with Gasteiger partial charge in [0.05, 0.1) is 12.0 Å². The number of rotatable bonds is 6. The topological polar surface area (TPSA) is 75.1 Å². The van der Waals surface area contributed by atoms with Gasteiger partial charge >= 0.3 is 5.76 Å². The number of halogens is 2. The molecule has 2 unspecified atom stereocenters. The molecule has 1 aliphatic heterocycles. The number of hydrogen-bond donors (Lipinski definition) is 0. The Bertz CT molecular complexity index is 1150. The summed E-state index contributed by atoms with van der Waals surface area (Å²) in [6, 6.07) is 4.17. The second kappa shape index (κ2) is 9.84. The lowest BCUT2D eigenvalue weighted by molar-refractivity contribution is 0.412. The molecule has 1 fully saturated rings. The van der Waals surface area contributed by atoms with Crippen LogP contribution in [0.4, 0.5) is 8.78 Å². The highest BCUT2D eigenvalue weighted by Gasteiger charge is 2.26. The standard InChI is InChI=1S/C23H24F2N4O2S/c1-15(22-27-29(11-9-26)23(30)31-22)18-13-19(24)17(12-20(18)25)14-28-10-5-8-21(32-28)16-6-3-2-4-7-16/h3,6-7,12-13,15,21H,2,4-5,8,10-11,14H2,1H3. The highest BCUT2D eigenvalue weighted by molar-refractivity contribution is 7.97. The van der Waals surface area contributed by atoms with Gasteiger partial charge in [-0.3, -0.25) is 0 Å². The summed E-state index contributed by atoms with van der Waals surface area (Å²) in [5.74, 6) is -2.72. The normalized spacial score (nSPS) is 20.1. The van der Waals surface area contributed by atoms with E-state index in [4.69, 9.17) is 9.68 Å². The van der Waals surface area contributed by atoms with Crippen molar-refractivity contribution in [3.05, 3.63) is 75.1 Å². The van der Waals surface area contributed by atoms with Crippen molar-refractivity contribution in [3.8, 4) is 6.07 Å². The lowest BCUT2D eigenvalue weighted by Gasteiger charge is -2.33. The van der Waals surface area contributed by atoms with Crippen LogP contribution >= 0.6 is 11.9 Å². The second-order valence-corrected chi connectivity index (χ2v) is 9.29. The van der Waals surface area contributed by atoms with Gasteiger partial charge in [0.25, 0.3) is 0 Å². The summed E-state index contributed by atoms with van der Waals surface area (Å²) in [7, 11) is 0. The van der Waals surface area contributed by atoms with Gasteiger partial charge in [-0.2, -0.15) is 9.94 Å². The van der Waals surface area contributed by atoms with Crippen LogP contribution in [0, 0.1) is 23.0 Å². The predicted octanol–water partition coefficient (Wildman–Crippen LogP) is 4.68. The molecule has 32 heavy (non-hydrogen) atoms. The van der Waals surface area contributed by atoms with Gasteiger partial charge in [0.1, 0.15) is 18.2 Å². The largest absolute Gasteiger partial charge is 0.438 e. The molecule has 2 heterocycles. The Balaban J connectivity index is 1.49. The first-order valence-corrected chi connectivity index (χ1v) is 11.5. The number of nitrogens with zero attached hydrogens (tertiary/aromatic N) is 4. The minimum atomic E-state index is -0.800. The van der Waals surface area contributed by atoms with Gasteiger partial charge < -0.3 is 4.42 Å². The fourth-order valence-electron chi connectivity index (χ4n) is 4.00. The molecule has 1 aliphatic carbocycles. The molecule has 0 amide bonds. The number of aromatic nitrogens is 2. The van der Waals surface area contributed by atoms with Crippen molar-refractivity contribution in [2.45, 2.75) is 56.9 Å². The minimum Gasteiger partial charge on any atom is -0.392 e. The zero-order chi connectivity index (χ0) is 22.7. The lowest BCUT2D eigenvalue weighted by Crippen LogP contribution is -2.28.